The van der Waals surface area contributed by atoms with Crippen molar-refractivity contribution in [3.05, 3.63) is 52.2 Å². The molecule has 0 radical (unpaired) electrons. The van der Waals surface area contributed by atoms with Gasteiger partial charge in [0, 0.05) is 30.2 Å². The van der Waals surface area contributed by atoms with Gasteiger partial charge in [0.25, 0.3) is 0 Å². The number of thiophene rings is 1. The number of para-hydroxylation sites is 1. The van der Waals surface area contributed by atoms with Crippen LogP contribution in [0.1, 0.15) is 10.4 Å². The van der Waals surface area contributed by atoms with Crippen molar-refractivity contribution in [1.82, 2.24) is 10.6 Å². The molecule has 0 saturated heterocycles. The summed E-state index contributed by atoms with van der Waals surface area (Å²) < 4.78 is 0. The summed E-state index contributed by atoms with van der Waals surface area (Å²) in [6, 6.07) is 12.3. The van der Waals surface area contributed by atoms with Gasteiger partial charge in [-0.15, -0.1) is 23.7 Å². The minimum absolute atomic E-state index is 0. The van der Waals surface area contributed by atoms with Gasteiger partial charge in [-0.25, -0.2) is 0 Å². The molecule has 2 N–H and O–H groups in total. The predicted octanol–water partition coefficient (Wildman–Crippen LogP) is 2.40. The zero-order chi connectivity index (χ0) is 14.5. The maximum absolute atomic E-state index is 12.2. The Morgan fingerprint density at radius 3 is 2.95 bits per heavy atom. The number of hydrogen-bond donors (Lipinski definition) is 2. The van der Waals surface area contributed by atoms with Crippen molar-refractivity contribution in [2.24, 2.45) is 0 Å². The van der Waals surface area contributed by atoms with Gasteiger partial charge in [-0.1, -0.05) is 24.3 Å². The lowest BCUT2D eigenvalue weighted by atomic mass is 10.1. The molecule has 4 nitrogen and oxygen atoms in total. The smallest absolute Gasteiger partial charge is 0.239 e. The van der Waals surface area contributed by atoms with Gasteiger partial charge < -0.3 is 15.5 Å². The molecule has 1 aliphatic rings. The number of carbonyl (C=O) groups is 1. The summed E-state index contributed by atoms with van der Waals surface area (Å²) in [5.74, 6) is 0.0695. The number of nitrogens with zero attached hydrogens (tertiary/aromatic N) is 1. The summed E-state index contributed by atoms with van der Waals surface area (Å²) in [6.07, 6.45) is 0. The first kappa shape index (κ1) is 16.8. The first-order valence-electron chi connectivity index (χ1n) is 7.15. The quantitative estimate of drug-likeness (QED) is 0.900. The van der Waals surface area contributed by atoms with E-state index in [1.807, 2.05) is 29.6 Å². The van der Waals surface area contributed by atoms with Crippen LogP contribution in [0.3, 0.4) is 0 Å². The summed E-state index contributed by atoms with van der Waals surface area (Å²) in [5.41, 5.74) is 2.41. The average molecular weight is 338 g/mol. The summed E-state index contributed by atoms with van der Waals surface area (Å²) in [5, 5.41) is 8.41. The summed E-state index contributed by atoms with van der Waals surface area (Å²) in [6.45, 7) is 3.63. The first-order chi connectivity index (χ1) is 10.3. The number of fused-ring (bicyclic) bond motifs is 1. The van der Waals surface area contributed by atoms with Crippen LogP contribution in [-0.2, 0) is 17.9 Å². The fourth-order valence-corrected chi connectivity index (χ4v) is 3.16. The number of carbonyl (C=O) groups excluding carboxylic acids is 1. The number of benzene rings is 1. The highest BCUT2D eigenvalue weighted by Gasteiger charge is 2.16. The minimum atomic E-state index is 0. The van der Waals surface area contributed by atoms with Crippen molar-refractivity contribution in [2.45, 2.75) is 13.1 Å². The van der Waals surface area contributed by atoms with Crippen molar-refractivity contribution < 1.29 is 4.79 Å². The second kappa shape index (κ2) is 8.17. The van der Waals surface area contributed by atoms with Crippen molar-refractivity contribution in [3.8, 4) is 0 Å². The lowest BCUT2D eigenvalue weighted by molar-refractivity contribution is -0.119. The molecule has 1 aliphatic heterocycles. The van der Waals surface area contributed by atoms with E-state index in [0.717, 1.165) is 25.3 Å². The van der Waals surface area contributed by atoms with E-state index in [2.05, 4.69) is 27.7 Å². The van der Waals surface area contributed by atoms with Crippen LogP contribution in [0, 0.1) is 0 Å². The monoisotopic (exact) mass is 337 g/mol. The van der Waals surface area contributed by atoms with Crippen LogP contribution in [0.15, 0.2) is 41.8 Å². The molecule has 6 heteroatoms. The number of anilines is 1. The second-order valence-corrected chi connectivity index (χ2v) is 6.12. The molecule has 0 unspecified atom stereocenters. The molecule has 1 aromatic heterocycles. The first-order valence-corrected chi connectivity index (χ1v) is 8.03. The lowest BCUT2D eigenvalue weighted by Gasteiger charge is -2.23. The average Bonchev–Trinajstić information content (AvgIpc) is 2.94. The SMILES string of the molecule is Cl.O=C(CN1CCNCc2ccccc21)NCc1cccs1. The molecule has 1 amide bonds. The van der Waals surface area contributed by atoms with Crippen molar-refractivity contribution in [2.75, 3.05) is 24.5 Å². The topological polar surface area (TPSA) is 44.4 Å². The molecule has 0 saturated carbocycles. The van der Waals surface area contributed by atoms with E-state index in [1.54, 1.807) is 11.3 Å². The third-order valence-corrected chi connectivity index (χ3v) is 4.46. The van der Waals surface area contributed by atoms with Crippen molar-refractivity contribution in [3.63, 3.8) is 0 Å². The standard InChI is InChI=1S/C16H19N3OS.ClH/c20-16(18-11-14-5-3-9-21-14)12-19-8-7-17-10-13-4-1-2-6-15(13)19;/h1-6,9,17H,7-8,10-12H2,(H,18,20);1H. The van der Waals surface area contributed by atoms with E-state index < -0.39 is 0 Å². The van der Waals surface area contributed by atoms with Gasteiger partial charge in [0.2, 0.25) is 5.91 Å². The van der Waals surface area contributed by atoms with Gasteiger partial charge in [-0.05, 0) is 23.1 Å². The molecule has 2 aromatic rings. The van der Waals surface area contributed by atoms with E-state index in [0.29, 0.717) is 13.1 Å². The normalized spacial score (nSPS) is 13.7. The Morgan fingerprint density at radius 2 is 2.14 bits per heavy atom. The Morgan fingerprint density at radius 1 is 1.27 bits per heavy atom. The second-order valence-electron chi connectivity index (χ2n) is 5.08. The van der Waals surface area contributed by atoms with Gasteiger partial charge >= 0.3 is 0 Å². The molecule has 0 atom stereocenters. The van der Waals surface area contributed by atoms with Gasteiger partial charge in [0.1, 0.15) is 0 Å². The summed E-state index contributed by atoms with van der Waals surface area (Å²) >= 11 is 1.66. The molecular weight excluding hydrogens is 318 g/mol. The van der Waals surface area contributed by atoms with Gasteiger partial charge in [0.15, 0.2) is 0 Å². The highest BCUT2D eigenvalue weighted by Crippen LogP contribution is 2.21. The van der Waals surface area contributed by atoms with Crippen LogP contribution in [0.25, 0.3) is 0 Å². The zero-order valence-electron chi connectivity index (χ0n) is 12.2. The highest BCUT2D eigenvalue weighted by atomic mass is 35.5. The third kappa shape index (κ3) is 4.22. The fourth-order valence-electron chi connectivity index (χ4n) is 2.52. The van der Waals surface area contributed by atoms with Crippen LogP contribution in [0.5, 0.6) is 0 Å². The molecule has 1 aromatic carbocycles. The highest BCUT2D eigenvalue weighted by molar-refractivity contribution is 7.09. The predicted molar refractivity (Wildman–Crippen MR) is 93.8 cm³/mol. The number of hydrogen-bond acceptors (Lipinski definition) is 4. The van der Waals surface area contributed by atoms with Crippen molar-refractivity contribution >= 4 is 35.3 Å². The Bertz CT molecular complexity index is 603. The Balaban J connectivity index is 0.00000176. The van der Waals surface area contributed by atoms with Gasteiger partial charge in [0.05, 0.1) is 13.1 Å². The summed E-state index contributed by atoms with van der Waals surface area (Å²) in [7, 11) is 0. The van der Waals surface area contributed by atoms with Crippen LogP contribution in [0.2, 0.25) is 0 Å². The number of amides is 1. The molecule has 0 spiro atoms. The van der Waals surface area contributed by atoms with E-state index >= 15 is 0 Å². The lowest BCUT2D eigenvalue weighted by Crippen LogP contribution is -2.39. The Hall–Kier alpha value is -1.56. The molecule has 0 aliphatic carbocycles. The molecule has 2 heterocycles. The number of rotatable bonds is 4. The Labute approximate surface area is 140 Å². The van der Waals surface area contributed by atoms with Crippen molar-refractivity contribution in [1.29, 1.82) is 0 Å². The zero-order valence-corrected chi connectivity index (χ0v) is 13.9. The van der Waals surface area contributed by atoms with Gasteiger partial charge in [-0.3, -0.25) is 4.79 Å². The maximum Gasteiger partial charge on any atom is 0.239 e. The molecule has 22 heavy (non-hydrogen) atoms. The maximum atomic E-state index is 12.2. The summed E-state index contributed by atoms with van der Waals surface area (Å²) in [4.78, 5) is 15.5. The van der Waals surface area contributed by atoms with Crippen LogP contribution >= 0.6 is 23.7 Å². The molecule has 0 fully saturated rings. The van der Waals surface area contributed by atoms with Crippen LogP contribution in [-0.4, -0.2) is 25.5 Å². The molecule has 3 rings (SSSR count). The van der Waals surface area contributed by atoms with E-state index in [-0.39, 0.29) is 18.3 Å². The van der Waals surface area contributed by atoms with E-state index in [4.69, 9.17) is 0 Å². The third-order valence-electron chi connectivity index (χ3n) is 3.58. The number of halogens is 1. The van der Waals surface area contributed by atoms with E-state index in [9.17, 15) is 4.79 Å². The molecule has 118 valence electrons. The Kier molecular flexibility index (Phi) is 6.24. The van der Waals surface area contributed by atoms with Crippen LogP contribution < -0.4 is 15.5 Å². The minimum Gasteiger partial charge on any atom is -0.361 e. The molecular formula is C16H20ClN3OS. The number of nitrogens with one attached hydrogen (secondary N) is 2. The largest absolute Gasteiger partial charge is 0.361 e. The molecule has 0 bridgehead atoms. The fraction of sp³-hybridized carbons (Fsp3) is 0.312. The van der Waals surface area contributed by atoms with Crippen LogP contribution in [0.4, 0.5) is 5.69 Å². The van der Waals surface area contributed by atoms with Gasteiger partial charge in [-0.2, -0.15) is 0 Å². The van der Waals surface area contributed by atoms with E-state index in [1.165, 1.54) is 10.4 Å².